The molecule has 0 saturated heterocycles. The van der Waals surface area contributed by atoms with Crippen LogP contribution in [-0.2, 0) is 4.74 Å². The predicted molar refractivity (Wildman–Crippen MR) is 75.5 cm³/mol. The molecular formula is C15H31NO2. The van der Waals surface area contributed by atoms with E-state index in [1.165, 1.54) is 25.7 Å². The molecule has 0 aromatic carbocycles. The number of hydrogen-bond donors (Lipinski definition) is 2. The van der Waals surface area contributed by atoms with E-state index >= 15 is 0 Å². The van der Waals surface area contributed by atoms with Crippen LogP contribution in [0.1, 0.15) is 65.7 Å². The largest absolute Gasteiger partial charge is 0.394 e. The van der Waals surface area contributed by atoms with Crippen LogP contribution >= 0.6 is 0 Å². The van der Waals surface area contributed by atoms with Gasteiger partial charge in [0.15, 0.2) is 0 Å². The summed E-state index contributed by atoms with van der Waals surface area (Å²) in [6.07, 6.45) is 7.97. The van der Waals surface area contributed by atoms with Crippen LogP contribution < -0.4 is 5.73 Å². The highest BCUT2D eigenvalue weighted by molar-refractivity contribution is 4.82. The van der Waals surface area contributed by atoms with Gasteiger partial charge in [-0.25, -0.2) is 0 Å². The first-order valence-electron chi connectivity index (χ1n) is 7.42. The van der Waals surface area contributed by atoms with Crippen molar-refractivity contribution in [1.29, 1.82) is 0 Å². The predicted octanol–water partition coefficient (Wildman–Crippen LogP) is 2.85. The van der Waals surface area contributed by atoms with Gasteiger partial charge in [0.25, 0.3) is 0 Å². The maximum Gasteiger partial charge on any atom is 0.0611 e. The van der Waals surface area contributed by atoms with Crippen LogP contribution in [0, 0.1) is 5.41 Å². The van der Waals surface area contributed by atoms with Crippen LogP contribution in [0.3, 0.4) is 0 Å². The van der Waals surface area contributed by atoms with Crippen LogP contribution in [0.2, 0.25) is 0 Å². The zero-order chi connectivity index (χ0) is 13.6. The molecule has 3 heteroatoms. The van der Waals surface area contributed by atoms with Crippen molar-refractivity contribution in [1.82, 2.24) is 0 Å². The van der Waals surface area contributed by atoms with Crippen molar-refractivity contribution >= 4 is 0 Å². The van der Waals surface area contributed by atoms with Gasteiger partial charge in [-0.3, -0.25) is 0 Å². The maximum atomic E-state index is 9.23. The first kappa shape index (κ1) is 15.9. The van der Waals surface area contributed by atoms with E-state index in [4.69, 9.17) is 10.5 Å². The summed E-state index contributed by atoms with van der Waals surface area (Å²) in [6.45, 7) is 7.56. The van der Waals surface area contributed by atoms with Gasteiger partial charge in [-0.1, -0.05) is 20.8 Å². The molecule has 1 saturated carbocycles. The number of aliphatic hydroxyl groups excluding tert-OH is 1. The topological polar surface area (TPSA) is 55.5 Å². The Kier molecular flexibility index (Phi) is 6.09. The molecule has 1 unspecified atom stereocenters. The van der Waals surface area contributed by atoms with Crippen LogP contribution in [0.4, 0.5) is 0 Å². The fourth-order valence-corrected chi connectivity index (χ4v) is 2.58. The molecule has 0 heterocycles. The average Bonchev–Trinajstić information content (AvgIpc) is 2.36. The quantitative estimate of drug-likeness (QED) is 0.690. The van der Waals surface area contributed by atoms with Crippen molar-refractivity contribution < 1.29 is 9.84 Å². The van der Waals surface area contributed by atoms with E-state index in [2.05, 4.69) is 13.8 Å². The van der Waals surface area contributed by atoms with Gasteiger partial charge < -0.3 is 15.6 Å². The Hall–Kier alpha value is -0.120. The van der Waals surface area contributed by atoms with E-state index in [9.17, 15) is 5.11 Å². The van der Waals surface area contributed by atoms with Crippen LogP contribution in [0.25, 0.3) is 0 Å². The molecule has 0 radical (unpaired) electrons. The molecule has 108 valence electrons. The zero-order valence-electron chi connectivity index (χ0n) is 12.4. The van der Waals surface area contributed by atoms with Crippen molar-refractivity contribution in [3.05, 3.63) is 0 Å². The lowest BCUT2D eigenvalue weighted by Gasteiger charge is -2.34. The molecule has 0 aromatic heterocycles. The summed E-state index contributed by atoms with van der Waals surface area (Å²) in [5.41, 5.74) is 6.15. The molecule has 0 amide bonds. The molecule has 1 aliphatic carbocycles. The standard InChI is InChI=1S/C15H31NO2/c1-4-15(16,12-17)8-5-11-18-13-6-9-14(2,3)10-7-13/h13,17H,4-12,16H2,1-3H3. The summed E-state index contributed by atoms with van der Waals surface area (Å²) >= 11 is 0. The first-order chi connectivity index (χ1) is 8.41. The minimum atomic E-state index is -0.405. The Balaban J connectivity index is 2.12. The van der Waals surface area contributed by atoms with E-state index < -0.39 is 5.54 Å². The van der Waals surface area contributed by atoms with Crippen molar-refractivity contribution in [2.75, 3.05) is 13.2 Å². The second-order valence-electron chi connectivity index (χ2n) is 6.71. The monoisotopic (exact) mass is 257 g/mol. The third-order valence-corrected chi connectivity index (χ3v) is 4.48. The molecule has 0 aliphatic heterocycles. The van der Waals surface area contributed by atoms with Gasteiger partial charge in [0.05, 0.1) is 12.7 Å². The summed E-state index contributed by atoms with van der Waals surface area (Å²) < 4.78 is 5.92. The highest BCUT2D eigenvalue weighted by Crippen LogP contribution is 2.36. The lowest BCUT2D eigenvalue weighted by molar-refractivity contribution is 0.000227. The smallest absolute Gasteiger partial charge is 0.0611 e. The number of ether oxygens (including phenoxy) is 1. The van der Waals surface area contributed by atoms with Gasteiger partial charge in [0, 0.05) is 12.1 Å². The van der Waals surface area contributed by atoms with Crippen LogP contribution in [0.15, 0.2) is 0 Å². The normalized spacial score (nSPS) is 23.8. The van der Waals surface area contributed by atoms with E-state index in [-0.39, 0.29) is 6.61 Å². The van der Waals surface area contributed by atoms with E-state index in [0.717, 1.165) is 25.9 Å². The third-order valence-electron chi connectivity index (χ3n) is 4.48. The summed E-state index contributed by atoms with van der Waals surface area (Å²) in [6, 6.07) is 0. The Morgan fingerprint density at radius 2 is 1.94 bits per heavy atom. The van der Waals surface area contributed by atoms with Crippen molar-refractivity contribution in [2.45, 2.75) is 77.4 Å². The Morgan fingerprint density at radius 3 is 2.44 bits per heavy atom. The number of aliphatic hydroxyl groups is 1. The van der Waals surface area contributed by atoms with Gasteiger partial charge in [0.1, 0.15) is 0 Å². The molecule has 0 bridgehead atoms. The van der Waals surface area contributed by atoms with Crippen molar-refractivity contribution in [3.8, 4) is 0 Å². The summed E-state index contributed by atoms with van der Waals surface area (Å²) in [4.78, 5) is 0. The van der Waals surface area contributed by atoms with Gasteiger partial charge in [0.2, 0.25) is 0 Å². The Labute approximate surface area is 112 Å². The van der Waals surface area contributed by atoms with E-state index in [0.29, 0.717) is 11.5 Å². The lowest BCUT2D eigenvalue weighted by Crippen LogP contribution is -2.43. The Bertz CT molecular complexity index is 227. The fraction of sp³-hybridized carbons (Fsp3) is 1.00. The number of hydrogen-bond acceptors (Lipinski definition) is 3. The zero-order valence-corrected chi connectivity index (χ0v) is 12.4. The Morgan fingerprint density at radius 1 is 1.33 bits per heavy atom. The van der Waals surface area contributed by atoms with E-state index in [1.807, 2.05) is 6.92 Å². The minimum absolute atomic E-state index is 0.0706. The molecule has 3 N–H and O–H groups in total. The van der Waals surface area contributed by atoms with Gasteiger partial charge in [-0.15, -0.1) is 0 Å². The summed E-state index contributed by atoms with van der Waals surface area (Å²) in [5, 5.41) is 9.23. The molecule has 0 spiro atoms. The SMILES string of the molecule is CCC(N)(CO)CCCOC1CCC(C)(C)CC1. The average molecular weight is 257 g/mol. The second-order valence-corrected chi connectivity index (χ2v) is 6.71. The van der Waals surface area contributed by atoms with Gasteiger partial charge >= 0.3 is 0 Å². The highest BCUT2D eigenvalue weighted by atomic mass is 16.5. The van der Waals surface area contributed by atoms with Crippen LogP contribution in [0.5, 0.6) is 0 Å². The van der Waals surface area contributed by atoms with Crippen molar-refractivity contribution in [2.24, 2.45) is 11.1 Å². The van der Waals surface area contributed by atoms with E-state index in [1.54, 1.807) is 0 Å². The second kappa shape index (κ2) is 6.88. The van der Waals surface area contributed by atoms with Crippen molar-refractivity contribution in [3.63, 3.8) is 0 Å². The molecule has 3 nitrogen and oxygen atoms in total. The number of rotatable bonds is 7. The van der Waals surface area contributed by atoms with Crippen LogP contribution in [-0.4, -0.2) is 30.0 Å². The molecule has 1 atom stereocenters. The minimum Gasteiger partial charge on any atom is -0.394 e. The molecule has 0 aromatic rings. The first-order valence-corrected chi connectivity index (χ1v) is 7.42. The maximum absolute atomic E-state index is 9.23. The summed E-state index contributed by atoms with van der Waals surface area (Å²) in [5.74, 6) is 0. The molecule has 18 heavy (non-hydrogen) atoms. The molecule has 1 aliphatic rings. The summed E-state index contributed by atoms with van der Waals surface area (Å²) in [7, 11) is 0. The lowest BCUT2D eigenvalue weighted by atomic mass is 9.76. The molecule has 1 rings (SSSR count). The molecule has 1 fully saturated rings. The van der Waals surface area contributed by atoms with Gasteiger partial charge in [-0.2, -0.15) is 0 Å². The van der Waals surface area contributed by atoms with Gasteiger partial charge in [-0.05, 0) is 50.4 Å². The molecular weight excluding hydrogens is 226 g/mol. The third kappa shape index (κ3) is 5.25. The fourth-order valence-electron chi connectivity index (χ4n) is 2.58. The number of nitrogens with two attached hydrogens (primary N) is 1. The highest BCUT2D eigenvalue weighted by Gasteiger charge is 2.27.